The molecule has 248 valence electrons. The lowest BCUT2D eigenvalue weighted by molar-refractivity contribution is -0.146. The number of pyridine rings is 1. The largest absolute Gasteiger partial charge is 0.487 e. The molecule has 2 aromatic carbocycles. The fourth-order valence-corrected chi connectivity index (χ4v) is 9.29. The quantitative estimate of drug-likeness (QED) is 0.332. The van der Waals surface area contributed by atoms with Crippen molar-refractivity contribution < 1.29 is 17.9 Å². The number of carbonyl (C=O) groups is 1. The van der Waals surface area contributed by atoms with Crippen LogP contribution in [-0.2, 0) is 21.4 Å². The van der Waals surface area contributed by atoms with Crippen LogP contribution in [0.4, 0.5) is 0 Å². The first kappa shape index (κ1) is 33.4. The molecule has 1 aromatic heterocycles. The fourth-order valence-electron chi connectivity index (χ4n) is 6.99. The second kappa shape index (κ2) is 13.9. The van der Waals surface area contributed by atoms with Gasteiger partial charge in [0, 0.05) is 73.5 Å². The van der Waals surface area contributed by atoms with E-state index in [0.717, 1.165) is 63.1 Å². The van der Waals surface area contributed by atoms with Crippen molar-refractivity contribution in [3.05, 3.63) is 63.8 Å². The summed E-state index contributed by atoms with van der Waals surface area (Å²) < 4.78 is 36.9. The van der Waals surface area contributed by atoms with E-state index in [1.807, 2.05) is 36.1 Å². The van der Waals surface area contributed by atoms with Gasteiger partial charge in [0.2, 0.25) is 15.9 Å². The Bertz CT molecular complexity index is 1690. The number of fused-ring (bicyclic) bond motifs is 1. The van der Waals surface area contributed by atoms with Crippen molar-refractivity contribution in [2.75, 3.05) is 45.8 Å². The Morgan fingerprint density at radius 1 is 1.07 bits per heavy atom. The van der Waals surface area contributed by atoms with Crippen molar-refractivity contribution in [1.29, 1.82) is 0 Å². The highest BCUT2D eigenvalue weighted by Crippen LogP contribution is 2.37. The van der Waals surface area contributed by atoms with E-state index in [-0.39, 0.29) is 27.5 Å². The average Bonchev–Trinajstić information content (AvgIpc) is 3.53. The van der Waals surface area contributed by atoms with E-state index in [4.69, 9.17) is 27.9 Å². The highest BCUT2D eigenvalue weighted by Gasteiger charge is 2.47. The molecule has 1 aliphatic carbocycles. The summed E-state index contributed by atoms with van der Waals surface area (Å²) >= 11 is 13.3. The Morgan fingerprint density at radius 2 is 1.83 bits per heavy atom. The Kier molecular flexibility index (Phi) is 10.1. The molecule has 1 amide bonds. The van der Waals surface area contributed by atoms with Crippen LogP contribution in [0.2, 0.25) is 10.0 Å². The molecule has 6 rings (SSSR count). The number of sulfonamides is 1. The van der Waals surface area contributed by atoms with Crippen LogP contribution < -0.4 is 14.8 Å². The van der Waals surface area contributed by atoms with Crippen LogP contribution in [0, 0.1) is 6.92 Å². The number of carbonyl (C=O) groups excluding carboxylic acids is 1. The number of nitrogens with zero attached hydrogens (tertiary/aromatic N) is 4. The Balaban J connectivity index is 1.18. The van der Waals surface area contributed by atoms with E-state index in [9.17, 15) is 13.2 Å². The van der Waals surface area contributed by atoms with Crippen LogP contribution in [0.1, 0.15) is 50.3 Å². The SMILES string of the molecule is CCC1CNCCN1N1CCN(C(=O)C2(NS(=O)(=O)c3ccc(Cl)c(COc4cccc5ccc(C)nc45)c3Cl)CCCC2)CC1. The van der Waals surface area contributed by atoms with Gasteiger partial charge in [-0.1, -0.05) is 61.2 Å². The average molecular weight is 690 g/mol. The van der Waals surface area contributed by atoms with Gasteiger partial charge in [0.15, 0.2) is 0 Å². The lowest BCUT2D eigenvalue weighted by Gasteiger charge is -2.47. The van der Waals surface area contributed by atoms with Gasteiger partial charge in [0.05, 0.1) is 5.02 Å². The van der Waals surface area contributed by atoms with Gasteiger partial charge in [-0.3, -0.25) is 4.79 Å². The van der Waals surface area contributed by atoms with Crippen molar-refractivity contribution in [2.45, 2.75) is 69.0 Å². The molecular formula is C33H42Cl2N6O4S. The lowest BCUT2D eigenvalue weighted by Crippen LogP contribution is -2.65. The van der Waals surface area contributed by atoms with Crippen LogP contribution in [0.5, 0.6) is 5.75 Å². The maximum absolute atomic E-state index is 14.1. The predicted molar refractivity (Wildman–Crippen MR) is 181 cm³/mol. The van der Waals surface area contributed by atoms with E-state index in [0.29, 0.717) is 48.8 Å². The molecule has 3 heterocycles. The molecule has 2 aliphatic heterocycles. The zero-order chi connectivity index (χ0) is 32.5. The molecule has 3 aromatic rings. The smallest absolute Gasteiger partial charge is 0.243 e. The van der Waals surface area contributed by atoms with E-state index in [1.165, 1.54) is 12.1 Å². The van der Waals surface area contributed by atoms with Gasteiger partial charge in [-0.15, -0.1) is 0 Å². The topological polar surface area (TPSA) is 107 Å². The number of para-hydroxylation sites is 1. The highest BCUT2D eigenvalue weighted by molar-refractivity contribution is 7.89. The van der Waals surface area contributed by atoms with E-state index >= 15 is 0 Å². The fraction of sp³-hybridized carbons (Fsp3) is 0.515. The number of hydrazine groups is 1. The molecule has 3 fully saturated rings. The third kappa shape index (κ3) is 6.74. The predicted octanol–water partition coefficient (Wildman–Crippen LogP) is 4.76. The maximum atomic E-state index is 14.1. The number of piperazine rings is 2. The van der Waals surface area contributed by atoms with Crippen LogP contribution in [0.15, 0.2) is 47.4 Å². The van der Waals surface area contributed by atoms with Gasteiger partial charge in [-0.25, -0.2) is 23.4 Å². The number of hydrogen-bond donors (Lipinski definition) is 2. The van der Waals surface area contributed by atoms with Crippen LogP contribution in [-0.4, -0.2) is 91.6 Å². The normalized spacial score (nSPS) is 21.1. The molecule has 1 unspecified atom stereocenters. The molecule has 46 heavy (non-hydrogen) atoms. The second-order valence-corrected chi connectivity index (χ2v) is 14.9. The van der Waals surface area contributed by atoms with E-state index < -0.39 is 15.6 Å². The second-order valence-electron chi connectivity index (χ2n) is 12.5. The van der Waals surface area contributed by atoms with Crippen molar-refractivity contribution >= 4 is 50.0 Å². The van der Waals surface area contributed by atoms with Crippen molar-refractivity contribution in [1.82, 2.24) is 29.9 Å². The van der Waals surface area contributed by atoms with Crippen molar-refractivity contribution in [3.8, 4) is 5.75 Å². The van der Waals surface area contributed by atoms with Crippen molar-refractivity contribution in [2.24, 2.45) is 0 Å². The summed E-state index contributed by atoms with van der Waals surface area (Å²) in [6.07, 6.45) is 3.46. The first-order valence-corrected chi connectivity index (χ1v) is 18.4. The summed E-state index contributed by atoms with van der Waals surface area (Å²) in [4.78, 5) is 20.4. The summed E-state index contributed by atoms with van der Waals surface area (Å²) in [5, 5.41) is 9.44. The molecule has 2 N–H and O–H groups in total. The first-order valence-electron chi connectivity index (χ1n) is 16.1. The molecule has 3 aliphatic rings. The summed E-state index contributed by atoms with van der Waals surface area (Å²) in [7, 11) is -4.20. The van der Waals surface area contributed by atoms with E-state index in [1.54, 1.807) is 6.07 Å². The van der Waals surface area contributed by atoms with Crippen molar-refractivity contribution in [3.63, 3.8) is 0 Å². The number of halogens is 2. The molecule has 10 nitrogen and oxygen atoms in total. The molecule has 1 saturated carbocycles. The number of hydrogen-bond acceptors (Lipinski definition) is 8. The zero-order valence-corrected chi connectivity index (χ0v) is 28.7. The zero-order valence-electron chi connectivity index (χ0n) is 26.4. The van der Waals surface area contributed by atoms with Crippen LogP contribution in [0.25, 0.3) is 10.9 Å². The third-order valence-electron chi connectivity index (χ3n) is 9.53. The number of aromatic nitrogens is 1. The minimum atomic E-state index is -4.20. The number of rotatable bonds is 9. The number of amides is 1. The van der Waals surface area contributed by atoms with Gasteiger partial charge in [0.1, 0.15) is 28.3 Å². The summed E-state index contributed by atoms with van der Waals surface area (Å²) in [6, 6.07) is 12.9. The maximum Gasteiger partial charge on any atom is 0.243 e. The van der Waals surface area contributed by atoms with E-state index in [2.05, 4.69) is 32.0 Å². The van der Waals surface area contributed by atoms with Crippen LogP contribution >= 0.6 is 23.2 Å². The standard InChI is InChI=1S/C33H42Cl2N6O4S/c1-3-25-21-36-15-16-41(25)40-19-17-39(18-20-40)32(42)33(13-4-5-14-33)38-46(43,44)29-12-11-27(34)26(30(29)35)22-45-28-8-6-7-24-10-9-23(2)37-31(24)28/h6-12,25,36,38H,3-5,13-22H2,1-2H3. The van der Waals surface area contributed by atoms with Gasteiger partial charge < -0.3 is 15.0 Å². The minimum absolute atomic E-state index is 0.0277. The minimum Gasteiger partial charge on any atom is -0.487 e. The Morgan fingerprint density at radius 3 is 2.57 bits per heavy atom. The summed E-state index contributed by atoms with van der Waals surface area (Å²) in [5.74, 6) is 0.380. The monoisotopic (exact) mass is 688 g/mol. The van der Waals surface area contributed by atoms with Gasteiger partial charge >= 0.3 is 0 Å². The number of ether oxygens (including phenoxy) is 1. The number of nitrogens with one attached hydrogen (secondary N) is 2. The molecule has 2 saturated heterocycles. The molecule has 13 heteroatoms. The van der Waals surface area contributed by atoms with Gasteiger partial charge in [0.25, 0.3) is 0 Å². The molecule has 0 bridgehead atoms. The Labute approximate surface area is 281 Å². The molecule has 0 radical (unpaired) electrons. The van der Waals surface area contributed by atoms with Gasteiger partial charge in [-0.2, -0.15) is 4.72 Å². The first-order chi connectivity index (χ1) is 22.1. The van der Waals surface area contributed by atoms with Gasteiger partial charge in [-0.05, 0) is 50.5 Å². The third-order valence-corrected chi connectivity index (χ3v) is 12.0. The lowest BCUT2D eigenvalue weighted by atomic mass is 9.96. The van der Waals surface area contributed by atoms with Crippen LogP contribution in [0.3, 0.4) is 0 Å². The summed E-state index contributed by atoms with van der Waals surface area (Å²) in [5.41, 5.74) is 0.673. The molecule has 1 atom stereocenters. The highest BCUT2D eigenvalue weighted by atomic mass is 35.5. The Hall–Kier alpha value is -2.51. The number of benzene rings is 2. The molecular weight excluding hydrogens is 647 g/mol. The molecule has 0 spiro atoms. The summed E-state index contributed by atoms with van der Waals surface area (Å²) in [6.45, 7) is 9.45. The number of aryl methyl sites for hydroxylation is 1.